The molecule has 1 amide bonds. The maximum Gasteiger partial charge on any atom is 0.324 e. The molecule has 0 unspecified atom stereocenters. The average Bonchev–Trinajstić information content (AvgIpc) is 3.39. The Kier molecular flexibility index (Phi) is 6.33. The van der Waals surface area contributed by atoms with E-state index in [4.69, 9.17) is 9.26 Å². The number of benzene rings is 2. The summed E-state index contributed by atoms with van der Waals surface area (Å²) in [5, 5.41) is 4.12. The van der Waals surface area contributed by atoms with Crippen LogP contribution >= 0.6 is 0 Å². The van der Waals surface area contributed by atoms with Gasteiger partial charge in [0.25, 0.3) is 0 Å². The Bertz CT molecular complexity index is 1130. The van der Waals surface area contributed by atoms with Gasteiger partial charge in [0.05, 0.1) is 18.7 Å². The van der Waals surface area contributed by atoms with E-state index in [1.807, 2.05) is 45.0 Å². The first-order chi connectivity index (χ1) is 16.6. The number of anilines is 2. The van der Waals surface area contributed by atoms with Crippen LogP contribution in [0.25, 0.3) is 11.4 Å². The largest absolute Gasteiger partial charge is 0.497 e. The predicted molar refractivity (Wildman–Crippen MR) is 126 cm³/mol. The lowest BCUT2D eigenvalue weighted by Gasteiger charge is -2.39. The van der Waals surface area contributed by atoms with Crippen LogP contribution in [0.3, 0.4) is 0 Å². The molecule has 1 atom stereocenters. The number of methoxy groups -OCH3 is 1. The second-order valence-electron chi connectivity index (χ2n) is 8.68. The van der Waals surface area contributed by atoms with Crippen LogP contribution in [0.4, 0.5) is 16.1 Å². The maximum absolute atomic E-state index is 14.1. The van der Waals surface area contributed by atoms with Crippen molar-refractivity contribution in [3.8, 4) is 17.1 Å². The van der Waals surface area contributed by atoms with E-state index in [9.17, 15) is 9.18 Å². The van der Waals surface area contributed by atoms with E-state index >= 15 is 0 Å². The van der Waals surface area contributed by atoms with E-state index in [-0.39, 0.29) is 17.6 Å². The van der Waals surface area contributed by atoms with Crippen molar-refractivity contribution in [3.05, 3.63) is 54.3 Å². The van der Waals surface area contributed by atoms with Gasteiger partial charge in [0.1, 0.15) is 11.6 Å². The molecule has 3 aromatic rings. The molecule has 0 bridgehead atoms. The number of para-hydroxylation sites is 1. The highest BCUT2D eigenvalue weighted by molar-refractivity contribution is 5.80. The molecule has 2 saturated heterocycles. The Morgan fingerprint density at radius 1 is 1.03 bits per heavy atom. The van der Waals surface area contributed by atoms with Crippen LogP contribution in [0, 0.1) is 11.7 Å². The average molecular weight is 466 g/mol. The quantitative estimate of drug-likeness (QED) is 0.571. The van der Waals surface area contributed by atoms with Gasteiger partial charge in [0.2, 0.25) is 11.7 Å². The number of hydrogen-bond acceptors (Lipinski definition) is 7. The number of ether oxygens (including phenoxy) is 1. The number of piperidine rings is 1. The molecule has 2 aromatic carbocycles. The molecule has 2 aliphatic heterocycles. The molecule has 8 nitrogen and oxygen atoms in total. The number of hydrogen-bond donors (Lipinski definition) is 0. The smallest absolute Gasteiger partial charge is 0.324 e. The summed E-state index contributed by atoms with van der Waals surface area (Å²) in [6.07, 6.45) is 1.72. The lowest BCUT2D eigenvalue weighted by Crippen LogP contribution is -2.52. The fraction of sp³-hybridized carbons (Fsp3) is 0.400. The first-order valence-electron chi connectivity index (χ1n) is 11.6. The Morgan fingerprint density at radius 2 is 1.79 bits per heavy atom. The molecular weight excluding hydrogens is 437 g/mol. The van der Waals surface area contributed by atoms with E-state index in [0.29, 0.717) is 50.3 Å². The summed E-state index contributed by atoms with van der Waals surface area (Å²) in [4.78, 5) is 23.7. The third-order valence-electron chi connectivity index (χ3n) is 6.59. The summed E-state index contributed by atoms with van der Waals surface area (Å²) in [6, 6.07) is 14.7. The minimum Gasteiger partial charge on any atom is -0.497 e. The third-order valence-corrected chi connectivity index (χ3v) is 6.59. The second kappa shape index (κ2) is 9.70. The van der Waals surface area contributed by atoms with Gasteiger partial charge >= 0.3 is 6.01 Å². The summed E-state index contributed by atoms with van der Waals surface area (Å²) in [7, 11) is 1.62. The van der Waals surface area contributed by atoms with Crippen LogP contribution in [-0.2, 0) is 4.79 Å². The van der Waals surface area contributed by atoms with Crippen LogP contribution in [0.15, 0.2) is 53.1 Å². The van der Waals surface area contributed by atoms with Crippen LogP contribution in [0.2, 0.25) is 0 Å². The molecule has 34 heavy (non-hydrogen) atoms. The number of rotatable bonds is 5. The minimum absolute atomic E-state index is 0.120. The molecule has 1 aromatic heterocycles. The molecule has 178 valence electrons. The molecule has 0 spiro atoms. The van der Waals surface area contributed by atoms with E-state index in [0.717, 1.165) is 30.7 Å². The molecule has 3 heterocycles. The zero-order valence-corrected chi connectivity index (χ0v) is 19.2. The van der Waals surface area contributed by atoms with Crippen molar-refractivity contribution in [1.29, 1.82) is 0 Å². The van der Waals surface area contributed by atoms with Gasteiger partial charge in [0, 0.05) is 44.8 Å². The van der Waals surface area contributed by atoms with Crippen LogP contribution < -0.4 is 14.5 Å². The number of carbonyl (C=O) groups is 1. The highest BCUT2D eigenvalue weighted by atomic mass is 19.1. The molecule has 2 fully saturated rings. The Labute approximate surface area is 197 Å². The SMILES string of the molecule is COc1ccc(-c2noc(N3CCC[C@@H](C(=O)N4CCN(c5ccccc5F)CC4)C3)n2)cc1. The summed E-state index contributed by atoms with van der Waals surface area (Å²) < 4.78 is 24.8. The third kappa shape index (κ3) is 4.55. The molecule has 0 radical (unpaired) electrons. The van der Waals surface area contributed by atoms with E-state index in [1.165, 1.54) is 6.07 Å². The minimum atomic E-state index is -0.223. The topological polar surface area (TPSA) is 74.9 Å². The first-order valence-corrected chi connectivity index (χ1v) is 11.6. The van der Waals surface area contributed by atoms with E-state index in [2.05, 4.69) is 10.1 Å². The standard InChI is InChI=1S/C25H28FN5O3/c1-33-20-10-8-18(9-11-20)23-27-25(34-28-23)31-12-4-5-19(17-31)24(32)30-15-13-29(14-16-30)22-7-3-2-6-21(22)26/h2-3,6-11,19H,4-5,12-17H2,1H3/t19-/m1/s1. The van der Waals surface area contributed by atoms with Gasteiger partial charge < -0.3 is 24.0 Å². The van der Waals surface area contributed by atoms with Crippen molar-refractivity contribution in [1.82, 2.24) is 15.0 Å². The van der Waals surface area contributed by atoms with E-state index in [1.54, 1.807) is 19.2 Å². The number of nitrogens with zero attached hydrogens (tertiary/aromatic N) is 5. The Morgan fingerprint density at radius 3 is 2.53 bits per heavy atom. The summed E-state index contributed by atoms with van der Waals surface area (Å²) in [5.74, 6) is 1.08. The molecule has 5 rings (SSSR count). The first kappa shape index (κ1) is 22.2. The Balaban J connectivity index is 1.20. The van der Waals surface area contributed by atoms with Crippen molar-refractivity contribution in [2.45, 2.75) is 12.8 Å². The Hall–Kier alpha value is -3.62. The normalized spacial score (nSPS) is 18.8. The van der Waals surface area contributed by atoms with Crippen molar-refractivity contribution in [2.75, 3.05) is 56.2 Å². The summed E-state index contributed by atoms with van der Waals surface area (Å²) in [6.45, 7) is 3.75. The monoisotopic (exact) mass is 465 g/mol. The number of amides is 1. The fourth-order valence-electron chi connectivity index (χ4n) is 4.69. The number of piperazine rings is 1. The van der Waals surface area contributed by atoms with Gasteiger partial charge in [-0.3, -0.25) is 4.79 Å². The molecular formula is C25H28FN5O3. The predicted octanol–water partition coefficient (Wildman–Crippen LogP) is 3.45. The van der Waals surface area contributed by atoms with Gasteiger partial charge in [-0.05, 0) is 49.2 Å². The molecule has 0 saturated carbocycles. The molecule has 9 heteroatoms. The fourth-order valence-corrected chi connectivity index (χ4v) is 4.69. The van der Waals surface area contributed by atoms with Crippen LogP contribution in [0.1, 0.15) is 12.8 Å². The van der Waals surface area contributed by atoms with Crippen molar-refractivity contribution >= 4 is 17.6 Å². The van der Waals surface area contributed by atoms with E-state index < -0.39 is 0 Å². The van der Waals surface area contributed by atoms with Crippen LogP contribution in [-0.4, -0.2) is 67.3 Å². The maximum atomic E-state index is 14.1. The number of halogens is 1. The van der Waals surface area contributed by atoms with Crippen molar-refractivity contribution in [2.24, 2.45) is 5.92 Å². The molecule has 0 aliphatic carbocycles. The van der Waals surface area contributed by atoms with Crippen molar-refractivity contribution < 1.29 is 18.4 Å². The number of aromatic nitrogens is 2. The van der Waals surface area contributed by atoms with Gasteiger partial charge in [-0.25, -0.2) is 4.39 Å². The van der Waals surface area contributed by atoms with Gasteiger partial charge in [-0.1, -0.05) is 17.3 Å². The zero-order chi connectivity index (χ0) is 23.5. The second-order valence-corrected chi connectivity index (χ2v) is 8.68. The highest BCUT2D eigenvalue weighted by Crippen LogP contribution is 2.27. The number of carbonyl (C=O) groups excluding carboxylic acids is 1. The zero-order valence-electron chi connectivity index (χ0n) is 19.2. The highest BCUT2D eigenvalue weighted by Gasteiger charge is 2.33. The van der Waals surface area contributed by atoms with Crippen molar-refractivity contribution in [3.63, 3.8) is 0 Å². The summed E-state index contributed by atoms with van der Waals surface area (Å²) in [5.41, 5.74) is 1.44. The molecule has 0 N–H and O–H groups in total. The van der Waals surface area contributed by atoms with Gasteiger partial charge in [-0.2, -0.15) is 4.98 Å². The summed E-state index contributed by atoms with van der Waals surface area (Å²) >= 11 is 0. The van der Waals surface area contributed by atoms with Crippen LogP contribution in [0.5, 0.6) is 5.75 Å². The lowest BCUT2D eigenvalue weighted by atomic mass is 9.96. The molecule has 2 aliphatic rings. The van der Waals surface area contributed by atoms with Gasteiger partial charge in [0.15, 0.2) is 0 Å². The van der Waals surface area contributed by atoms with Gasteiger partial charge in [-0.15, -0.1) is 0 Å². The lowest BCUT2D eigenvalue weighted by molar-refractivity contribution is -0.136.